The quantitative estimate of drug-likeness (QED) is 0.828. The molecule has 2 N–H and O–H groups in total. The molecule has 0 unspecified atom stereocenters. The van der Waals surface area contributed by atoms with Gasteiger partial charge in [0.05, 0.1) is 19.6 Å². The van der Waals surface area contributed by atoms with Crippen LogP contribution in [-0.4, -0.2) is 26.1 Å². The van der Waals surface area contributed by atoms with Crippen LogP contribution in [0.3, 0.4) is 0 Å². The number of esters is 1. The fourth-order valence-corrected chi connectivity index (χ4v) is 1.62. The summed E-state index contributed by atoms with van der Waals surface area (Å²) in [5, 5.41) is 0.572. The van der Waals surface area contributed by atoms with Gasteiger partial charge in [-0.3, -0.25) is 4.79 Å². The number of hydrogen-bond acceptors (Lipinski definition) is 5. The van der Waals surface area contributed by atoms with Crippen LogP contribution in [0.25, 0.3) is 11.0 Å². The minimum atomic E-state index is -0.605. The molecule has 0 aliphatic heterocycles. The van der Waals surface area contributed by atoms with Gasteiger partial charge in [0.25, 0.3) is 0 Å². The third-order valence-electron chi connectivity index (χ3n) is 2.49. The molecule has 0 spiro atoms. The van der Waals surface area contributed by atoms with E-state index in [1.165, 1.54) is 32.4 Å². The second-order valence-corrected chi connectivity index (χ2v) is 3.56. The Bertz CT molecular complexity index is 629. The summed E-state index contributed by atoms with van der Waals surface area (Å²) in [5.74, 6) is -0.771. The summed E-state index contributed by atoms with van der Waals surface area (Å²) in [6.45, 7) is 0. The Hall–Kier alpha value is -2.50. The van der Waals surface area contributed by atoms with Gasteiger partial charge in [-0.25, -0.2) is 4.79 Å². The van der Waals surface area contributed by atoms with Gasteiger partial charge >= 0.3 is 5.97 Å². The molecule has 0 saturated heterocycles. The number of primary amides is 1. The third-order valence-corrected chi connectivity index (χ3v) is 2.49. The average Bonchev–Trinajstić information content (AvgIpc) is 2.80. The number of furan rings is 1. The van der Waals surface area contributed by atoms with E-state index >= 15 is 0 Å². The van der Waals surface area contributed by atoms with E-state index in [0.29, 0.717) is 16.7 Å². The van der Waals surface area contributed by atoms with Crippen LogP contribution < -0.4 is 10.5 Å². The Morgan fingerprint density at radius 1 is 1.22 bits per heavy atom. The topological polar surface area (TPSA) is 91.8 Å². The van der Waals surface area contributed by atoms with E-state index in [-0.39, 0.29) is 11.3 Å². The number of fused-ring (bicyclic) bond motifs is 1. The molecule has 0 aliphatic carbocycles. The smallest absolute Gasteiger partial charge is 0.373 e. The van der Waals surface area contributed by atoms with Gasteiger partial charge in [0.1, 0.15) is 11.3 Å². The molecule has 94 valence electrons. The van der Waals surface area contributed by atoms with Crippen LogP contribution in [-0.2, 0) is 4.74 Å². The minimum Gasteiger partial charge on any atom is -0.496 e. The molecule has 1 aromatic carbocycles. The highest BCUT2D eigenvalue weighted by Crippen LogP contribution is 2.30. The standard InChI is InChI=1S/C12H11NO5/c1-16-8-3-6(11(13)14)4-9-7(8)5-10(18-9)12(15)17-2/h3-5H,1-2H3,(H2,13,14). The second-order valence-electron chi connectivity index (χ2n) is 3.56. The molecule has 1 heterocycles. The first kappa shape index (κ1) is 12.0. The molecule has 0 radical (unpaired) electrons. The lowest BCUT2D eigenvalue weighted by Crippen LogP contribution is -2.10. The van der Waals surface area contributed by atoms with E-state index in [4.69, 9.17) is 14.9 Å². The largest absolute Gasteiger partial charge is 0.496 e. The molecule has 0 atom stereocenters. The molecular formula is C12H11NO5. The van der Waals surface area contributed by atoms with Crippen molar-refractivity contribution in [3.8, 4) is 5.75 Å². The molecule has 18 heavy (non-hydrogen) atoms. The summed E-state index contributed by atoms with van der Waals surface area (Å²) in [4.78, 5) is 22.5. The molecule has 0 saturated carbocycles. The lowest BCUT2D eigenvalue weighted by molar-refractivity contribution is 0.0567. The Kier molecular flexibility index (Phi) is 2.93. The number of ether oxygens (including phenoxy) is 2. The molecular weight excluding hydrogens is 238 g/mol. The highest BCUT2D eigenvalue weighted by atomic mass is 16.5. The normalized spacial score (nSPS) is 10.3. The van der Waals surface area contributed by atoms with Gasteiger partial charge in [0, 0.05) is 11.6 Å². The lowest BCUT2D eigenvalue weighted by atomic mass is 10.1. The summed E-state index contributed by atoms with van der Waals surface area (Å²) in [6, 6.07) is 4.43. The summed E-state index contributed by atoms with van der Waals surface area (Å²) in [6.07, 6.45) is 0. The van der Waals surface area contributed by atoms with Crippen molar-refractivity contribution < 1.29 is 23.5 Å². The molecule has 0 aliphatic rings. The van der Waals surface area contributed by atoms with Crippen molar-refractivity contribution in [3.63, 3.8) is 0 Å². The van der Waals surface area contributed by atoms with E-state index in [9.17, 15) is 9.59 Å². The molecule has 0 bridgehead atoms. The number of nitrogens with two attached hydrogens (primary N) is 1. The number of hydrogen-bond donors (Lipinski definition) is 1. The van der Waals surface area contributed by atoms with Gasteiger partial charge in [0.2, 0.25) is 11.7 Å². The number of carbonyl (C=O) groups is 2. The van der Waals surface area contributed by atoms with Crippen LogP contribution in [0.4, 0.5) is 0 Å². The number of carbonyl (C=O) groups excluding carboxylic acids is 2. The van der Waals surface area contributed by atoms with Gasteiger partial charge in [-0.2, -0.15) is 0 Å². The maximum Gasteiger partial charge on any atom is 0.373 e. The van der Waals surface area contributed by atoms with Crippen molar-refractivity contribution in [1.29, 1.82) is 0 Å². The summed E-state index contributed by atoms with van der Waals surface area (Å²) in [5.41, 5.74) is 5.77. The zero-order valence-electron chi connectivity index (χ0n) is 9.85. The first-order valence-corrected chi connectivity index (χ1v) is 5.06. The number of rotatable bonds is 3. The molecule has 6 nitrogen and oxygen atoms in total. The molecule has 2 rings (SSSR count). The fourth-order valence-electron chi connectivity index (χ4n) is 1.62. The monoisotopic (exact) mass is 249 g/mol. The minimum absolute atomic E-state index is 0.0346. The first-order valence-electron chi connectivity index (χ1n) is 5.06. The van der Waals surface area contributed by atoms with Gasteiger partial charge in [-0.15, -0.1) is 0 Å². The number of benzene rings is 1. The van der Waals surface area contributed by atoms with E-state index in [1.807, 2.05) is 0 Å². The molecule has 1 aromatic heterocycles. The maximum absolute atomic E-state index is 11.4. The highest BCUT2D eigenvalue weighted by molar-refractivity contribution is 6.00. The van der Waals surface area contributed by atoms with Gasteiger partial charge in [0.15, 0.2) is 0 Å². The van der Waals surface area contributed by atoms with Crippen LogP contribution in [0.5, 0.6) is 5.75 Å². The Balaban J connectivity index is 2.67. The first-order chi connectivity index (χ1) is 8.56. The van der Waals surface area contributed by atoms with Crippen LogP contribution in [0.15, 0.2) is 22.6 Å². The molecule has 0 fully saturated rings. The van der Waals surface area contributed by atoms with Crippen molar-refractivity contribution in [2.24, 2.45) is 5.73 Å². The van der Waals surface area contributed by atoms with Crippen molar-refractivity contribution >= 4 is 22.8 Å². The van der Waals surface area contributed by atoms with E-state index in [2.05, 4.69) is 4.74 Å². The molecule has 6 heteroatoms. The van der Waals surface area contributed by atoms with Crippen LogP contribution >= 0.6 is 0 Å². The highest BCUT2D eigenvalue weighted by Gasteiger charge is 2.17. The average molecular weight is 249 g/mol. The zero-order chi connectivity index (χ0) is 13.3. The summed E-state index contributed by atoms with van der Waals surface area (Å²) < 4.78 is 15.0. The SMILES string of the molecule is COC(=O)c1cc2c(OC)cc(C(N)=O)cc2o1. The summed E-state index contributed by atoms with van der Waals surface area (Å²) in [7, 11) is 2.70. The van der Waals surface area contributed by atoms with E-state index in [1.54, 1.807) is 0 Å². The maximum atomic E-state index is 11.4. The molecule has 2 aromatic rings. The van der Waals surface area contributed by atoms with Crippen molar-refractivity contribution in [1.82, 2.24) is 0 Å². The van der Waals surface area contributed by atoms with E-state index in [0.717, 1.165) is 0 Å². The Morgan fingerprint density at radius 3 is 2.50 bits per heavy atom. The molecule has 1 amide bonds. The predicted octanol–water partition coefficient (Wildman–Crippen LogP) is 1.33. The Morgan fingerprint density at radius 2 is 1.94 bits per heavy atom. The predicted molar refractivity (Wildman–Crippen MR) is 62.6 cm³/mol. The summed E-state index contributed by atoms with van der Waals surface area (Å²) >= 11 is 0. The Labute approximate surface area is 102 Å². The van der Waals surface area contributed by atoms with Crippen molar-refractivity contribution in [3.05, 3.63) is 29.5 Å². The zero-order valence-corrected chi connectivity index (χ0v) is 9.85. The fraction of sp³-hybridized carbons (Fsp3) is 0.167. The van der Waals surface area contributed by atoms with Crippen molar-refractivity contribution in [2.75, 3.05) is 14.2 Å². The number of methoxy groups -OCH3 is 2. The van der Waals surface area contributed by atoms with Gasteiger partial charge in [-0.05, 0) is 12.1 Å². The van der Waals surface area contributed by atoms with Crippen LogP contribution in [0.1, 0.15) is 20.9 Å². The second kappa shape index (κ2) is 4.40. The van der Waals surface area contributed by atoms with Gasteiger partial charge in [-0.1, -0.05) is 0 Å². The van der Waals surface area contributed by atoms with Crippen LogP contribution in [0.2, 0.25) is 0 Å². The van der Waals surface area contributed by atoms with E-state index < -0.39 is 11.9 Å². The van der Waals surface area contributed by atoms with Gasteiger partial charge < -0.3 is 19.6 Å². The number of amides is 1. The van der Waals surface area contributed by atoms with Crippen LogP contribution in [0, 0.1) is 0 Å². The third kappa shape index (κ3) is 1.88. The van der Waals surface area contributed by atoms with Crippen molar-refractivity contribution in [2.45, 2.75) is 0 Å². The lowest BCUT2D eigenvalue weighted by Gasteiger charge is -2.02.